The second kappa shape index (κ2) is 8.91. The number of rotatable bonds is 6. The van der Waals surface area contributed by atoms with Gasteiger partial charge in [0, 0.05) is 0 Å². The predicted molar refractivity (Wildman–Crippen MR) is 94.8 cm³/mol. The third-order valence-corrected chi connectivity index (χ3v) is 3.35. The summed E-state index contributed by atoms with van der Waals surface area (Å²) in [5.74, 6) is 0.388. The number of para-hydroxylation sites is 1. The van der Waals surface area contributed by atoms with E-state index < -0.39 is 5.97 Å². The summed E-state index contributed by atoms with van der Waals surface area (Å²) in [5, 5.41) is 17.7. The van der Waals surface area contributed by atoms with E-state index in [1.165, 1.54) is 13.2 Å². The molecule has 6 heteroatoms. The van der Waals surface area contributed by atoms with Crippen LogP contribution in [0.5, 0.6) is 17.2 Å². The van der Waals surface area contributed by atoms with Crippen LogP contribution in [0, 0.1) is 22.7 Å². The molecule has 2 aromatic carbocycles. The van der Waals surface area contributed by atoms with E-state index in [0.717, 1.165) is 0 Å². The average molecular weight is 348 g/mol. The van der Waals surface area contributed by atoms with Crippen molar-refractivity contribution in [1.82, 2.24) is 0 Å². The van der Waals surface area contributed by atoms with Crippen molar-refractivity contribution in [2.45, 2.75) is 6.92 Å². The number of ether oxygens (including phenoxy) is 3. The number of nitriles is 2. The maximum absolute atomic E-state index is 12.4. The van der Waals surface area contributed by atoms with Gasteiger partial charge in [-0.3, -0.25) is 0 Å². The average Bonchev–Trinajstić information content (AvgIpc) is 2.68. The molecule has 0 fully saturated rings. The van der Waals surface area contributed by atoms with Crippen molar-refractivity contribution in [1.29, 1.82) is 10.5 Å². The number of methoxy groups -OCH3 is 1. The first-order valence-corrected chi connectivity index (χ1v) is 7.76. The molecule has 0 aliphatic carbocycles. The summed E-state index contributed by atoms with van der Waals surface area (Å²) in [4.78, 5) is 12.4. The number of hydrogen-bond acceptors (Lipinski definition) is 6. The standard InChI is InChI=1S/C20H16N2O4/c1-3-25-19-11-14(10-15(12-21)13-22)8-9-18(19)26-20(23)16-6-4-5-7-17(16)24-2/h4-11H,3H2,1-2H3. The molecule has 130 valence electrons. The van der Waals surface area contributed by atoms with Gasteiger partial charge in [-0.1, -0.05) is 18.2 Å². The highest BCUT2D eigenvalue weighted by Crippen LogP contribution is 2.31. The number of esters is 1. The van der Waals surface area contributed by atoms with Gasteiger partial charge in [0.2, 0.25) is 0 Å². The summed E-state index contributed by atoms with van der Waals surface area (Å²) in [5.41, 5.74) is 0.840. The molecule has 0 amide bonds. The normalized spacial score (nSPS) is 9.38. The molecular formula is C20H16N2O4. The van der Waals surface area contributed by atoms with Crippen molar-refractivity contribution in [3.05, 3.63) is 59.2 Å². The zero-order valence-corrected chi connectivity index (χ0v) is 14.4. The number of allylic oxidation sites excluding steroid dienone is 1. The molecule has 0 saturated heterocycles. The summed E-state index contributed by atoms with van der Waals surface area (Å²) in [7, 11) is 1.47. The highest BCUT2D eigenvalue weighted by atomic mass is 16.6. The van der Waals surface area contributed by atoms with E-state index in [1.807, 2.05) is 0 Å². The van der Waals surface area contributed by atoms with Crippen LogP contribution in [0.15, 0.2) is 48.0 Å². The maximum atomic E-state index is 12.4. The number of carbonyl (C=O) groups is 1. The fourth-order valence-electron chi connectivity index (χ4n) is 2.19. The van der Waals surface area contributed by atoms with E-state index in [2.05, 4.69) is 0 Å². The van der Waals surface area contributed by atoms with Crippen LogP contribution in [0.2, 0.25) is 0 Å². The Kier molecular flexibility index (Phi) is 6.36. The first kappa shape index (κ1) is 18.6. The molecule has 0 aromatic heterocycles. The van der Waals surface area contributed by atoms with Gasteiger partial charge in [-0.25, -0.2) is 4.79 Å². The first-order chi connectivity index (χ1) is 12.6. The molecule has 6 nitrogen and oxygen atoms in total. The van der Waals surface area contributed by atoms with E-state index in [0.29, 0.717) is 23.7 Å². The lowest BCUT2D eigenvalue weighted by atomic mass is 10.1. The lowest BCUT2D eigenvalue weighted by Crippen LogP contribution is -2.11. The van der Waals surface area contributed by atoms with Crippen LogP contribution in [0.3, 0.4) is 0 Å². The van der Waals surface area contributed by atoms with Crippen LogP contribution in [-0.2, 0) is 0 Å². The van der Waals surface area contributed by atoms with Crippen molar-refractivity contribution >= 4 is 12.0 Å². The molecule has 0 heterocycles. The minimum atomic E-state index is -0.582. The summed E-state index contributed by atoms with van der Waals surface area (Å²) in [6, 6.07) is 15.1. The SMILES string of the molecule is CCOc1cc(C=C(C#N)C#N)ccc1OC(=O)c1ccccc1OC. The summed E-state index contributed by atoms with van der Waals surface area (Å²) < 4.78 is 16.1. The lowest BCUT2D eigenvalue weighted by Gasteiger charge is -2.12. The zero-order valence-electron chi connectivity index (χ0n) is 14.4. The molecule has 0 radical (unpaired) electrons. The van der Waals surface area contributed by atoms with Gasteiger partial charge in [0.05, 0.1) is 13.7 Å². The van der Waals surface area contributed by atoms with Crippen molar-refractivity contribution < 1.29 is 19.0 Å². The summed E-state index contributed by atoms with van der Waals surface area (Å²) >= 11 is 0. The topological polar surface area (TPSA) is 92.3 Å². The summed E-state index contributed by atoms with van der Waals surface area (Å²) in [6.45, 7) is 2.15. The molecule has 0 bridgehead atoms. The van der Waals surface area contributed by atoms with Crippen LogP contribution < -0.4 is 14.2 Å². The van der Waals surface area contributed by atoms with Crippen LogP contribution in [0.25, 0.3) is 6.08 Å². The van der Waals surface area contributed by atoms with Crippen LogP contribution in [-0.4, -0.2) is 19.7 Å². The van der Waals surface area contributed by atoms with Gasteiger partial charge >= 0.3 is 5.97 Å². The highest BCUT2D eigenvalue weighted by Gasteiger charge is 2.16. The monoisotopic (exact) mass is 348 g/mol. The van der Waals surface area contributed by atoms with Crippen molar-refractivity contribution in [3.63, 3.8) is 0 Å². The van der Waals surface area contributed by atoms with Crippen LogP contribution >= 0.6 is 0 Å². The van der Waals surface area contributed by atoms with Gasteiger partial charge in [-0.15, -0.1) is 0 Å². The third kappa shape index (κ3) is 4.40. The Labute approximate surface area is 151 Å². The number of carbonyl (C=O) groups excluding carboxylic acids is 1. The van der Waals surface area contributed by atoms with E-state index in [4.69, 9.17) is 24.7 Å². The fraction of sp³-hybridized carbons (Fsp3) is 0.150. The lowest BCUT2D eigenvalue weighted by molar-refractivity contribution is 0.0725. The highest BCUT2D eigenvalue weighted by molar-refractivity contribution is 5.94. The molecule has 0 atom stereocenters. The molecule has 2 rings (SSSR count). The summed E-state index contributed by atoms with van der Waals surface area (Å²) in [6.07, 6.45) is 1.42. The Morgan fingerprint density at radius 1 is 1.08 bits per heavy atom. The molecule has 0 N–H and O–H groups in total. The minimum absolute atomic E-state index is 0.0359. The van der Waals surface area contributed by atoms with Crippen LogP contribution in [0.4, 0.5) is 0 Å². The van der Waals surface area contributed by atoms with Gasteiger partial charge in [0.1, 0.15) is 29.0 Å². The molecular weight excluding hydrogens is 332 g/mol. The molecule has 0 saturated carbocycles. The quantitative estimate of drug-likeness (QED) is 0.448. The van der Waals surface area contributed by atoms with Gasteiger partial charge in [0.15, 0.2) is 11.5 Å². The Hall–Kier alpha value is -3.77. The van der Waals surface area contributed by atoms with Gasteiger partial charge in [-0.2, -0.15) is 10.5 Å². The molecule has 0 aliphatic rings. The second-order valence-corrected chi connectivity index (χ2v) is 5.01. The number of hydrogen-bond donors (Lipinski definition) is 0. The Balaban J connectivity index is 2.34. The third-order valence-electron chi connectivity index (χ3n) is 3.35. The molecule has 0 unspecified atom stereocenters. The second-order valence-electron chi connectivity index (χ2n) is 5.01. The minimum Gasteiger partial charge on any atom is -0.496 e. The molecule has 0 spiro atoms. The number of benzene rings is 2. The van der Waals surface area contributed by atoms with E-state index >= 15 is 0 Å². The van der Waals surface area contributed by atoms with Crippen molar-refractivity contribution in [2.75, 3.05) is 13.7 Å². The van der Waals surface area contributed by atoms with Crippen molar-refractivity contribution in [3.8, 4) is 29.4 Å². The molecule has 26 heavy (non-hydrogen) atoms. The van der Waals surface area contributed by atoms with Gasteiger partial charge in [0.25, 0.3) is 0 Å². The number of nitrogens with zero attached hydrogens (tertiary/aromatic N) is 2. The predicted octanol–water partition coefficient (Wildman–Crippen LogP) is 3.74. The van der Waals surface area contributed by atoms with E-state index in [-0.39, 0.29) is 16.9 Å². The Morgan fingerprint density at radius 2 is 1.81 bits per heavy atom. The first-order valence-electron chi connectivity index (χ1n) is 7.76. The zero-order chi connectivity index (χ0) is 18.9. The smallest absolute Gasteiger partial charge is 0.347 e. The van der Waals surface area contributed by atoms with Gasteiger partial charge in [-0.05, 0) is 42.8 Å². The largest absolute Gasteiger partial charge is 0.496 e. The Bertz CT molecular complexity index is 904. The van der Waals surface area contributed by atoms with Gasteiger partial charge < -0.3 is 14.2 Å². The van der Waals surface area contributed by atoms with Crippen molar-refractivity contribution in [2.24, 2.45) is 0 Å². The fourth-order valence-corrected chi connectivity index (χ4v) is 2.19. The van der Waals surface area contributed by atoms with E-state index in [1.54, 1.807) is 61.5 Å². The molecule has 0 aliphatic heterocycles. The Morgan fingerprint density at radius 3 is 2.46 bits per heavy atom. The molecule has 2 aromatic rings. The van der Waals surface area contributed by atoms with Crippen LogP contribution in [0.1, 0.15) is 22.8 Å². The maximum Gasteiger partial charge on any atom is 0.347 e. The van der Waals surface area contributed by atoms with E-state index in [9.17, 15) is 4.79 Å².